The van der Waals surface area contributed by atoms with Crippen molar-refractivity contribution in [3.8, 4) is 0 Å². The van der Waals surface area contributed by atoms with E-state index >= 15 is 0 Å². The van der Waals surface area contributed by atoms with Crippen LogP contribution >= 0.6 is 9.47 Å². The van der Waals surface area contributed by atoms with Crippen molar-refractivity contribution in [2.24, 2.45) is 28.6 Å². The molecule has 0 bridgehead atoms. The summed E-state index contributed by atoms with van der Waals surface area (Å²) < 4.78 is 23.1. The molecule has 0 aromatic heterocycles. The van der Waals surface area contributed by atoms with Crippen LogP contribution in [0.2, 0.25) is 0 Å². The van der Waals surface area contributed by atoms with Crippen LogP contribution in [-0.2, 0) is 33.2 Å². The minimum atomic E-state index is -0.674. The predicted molar refractivity (Wildman–Crippen MR) is 228 cm³/mol. The molecular weight excluding hydrogens is 723 g/mol. The summed E-state index contributed by atoms with van der Waals surface area (Å²) >= 11 is 0. The molecule has 0 spiro atoms. The maximum atomic E-state index is 12.8. The lowest BCUT2D eigenvalue weighted by atomic mass is 9.47. The summed E-state index contributed by atoms with van der Waals surface area (Å²) in [6.07, 6.45) is 37.1. The highest BCUT2D eigenvalue weighted by Crippen LogP contribution is 2.66. The standard InChI is InChI=1S/C47H79O8P/c1-5-7-9-14-17-21-37(22-18-15-12-11-13-16-20-23-44(48)51-34-39(55-50)35-52-56)53-38-29-31-46(3)36(33-38)25-26-40-41-27-28-43(47(41,4)32-30-42(40)46)54-45(49)24-19-10-8-6-2/h17-18,21-22,33,37-43,50H,5-16,19-20,23-32,34-35,56H2,1-4H3/t37?,38?,39?,40-,41-,42-,43-,46-,47-/m0/s1. The number of hydrogen-bond acceptors (Lipinski definition) is 8. The first-order valence-corrected chi connectivity index (χ1v) is 23.3. The number of esters is 2. The molecule has 0 aromatic rings. The fourth-order valence-electron chi connectivity index (χ4n) is 10.7. The van der Waals surface area contributed by atoms with Crippen molar-refractivity contribution in [1.29, 1.82) is 0 Å². The molecule has 320 valence electrons. The van der Waals surface area contributed by atoms with E-state index in [2.05, 4.69) is 72.4 Å². The Morgan fingerprint density at radius 2 is 1.46 bits per heavy atom. The highest BCUT2D eigenvalue weighted by molar-refractivity contribution is 7.09. The first kappa shape index (κ1) is 47.1. The van der Waals surface area contributed by atoms with Crippen LogP contribution in [0.25, 0.3) is 0 Å². The first-order chi connectivity index (χ1) is 27.2. The average molecular weight is 803 g/mol. The molecule has 0 radical (unpaired) electrons. The van der Waals surface area contributed by atoms with Gasteiger partial charge in [-0.15, -0.1) is 0 Å². The quantitative estimate of drug-likeness (QED) is 0.0219. The fraction of sp³-hybridized carbons (Fsp3) is 0.830. The maximum Gasteiger partial charge on any atom is 0.306 e. The van der Waals surface area contributed by atoms with Gasteiger partial charge in [0.25, 0.3) is 0 Å². The van der Waals surface area contributed by atoms with Crippen LogP contribution in [0.15, 0.2) is 36.0 Å². The van der Waals surface area contributed by atoms with Crippen molar-refractivity contribution in [1.82, 2.24) is 0 Å². The third-order valence-electron chi connectivity index (χ3n) is 14.1. The van der Waals surface area contributed by atoms with Gasteiger partial charge >= 0.3 is 11.9 Å². The van der Waals surface area contributed by atoms with Gasteiger partial charge in [-0.05, 0) is 113 Å². The van der Waals surface area contributed by atoms with Crippen molar-refractivity contribution in [3.05, 3.63) is 36.0 Å². The molecule has 8 nitrogen and oxygen atoms in total. The Morgan fingerprint density at radius 3 is 2.18 bits per heavy atom. The zero-order valence-electron chi connectivity index (χ0n) is 35.7. The SMILES string of the molecule is CCCCCC=CC(C=CCCCCCCCC(=O)OCC(COP)OO)OC1C=C2CC[C@H]3[C@@H]4CC[C@H](OC(=O)CCCCCC)[C@@]4(C)CC[C@@H]3[C@@]2(C)CC1. The molecule has 0 saturated heterocycles. The second-order valence-corrected chi connectivity index (χ2v) is 18.3. The van der Waals surface area contributed by atoms with Gasteiger partial charge in [0, 0.05) is 27.7 Å². The molecule has 0 amide bonds. The Labute approximate surface area is 342 Å². The van der Waals surface area contributed by atoms with Gasteiger partial charge in [0.2, 0.25) is 0 Å². The molecule has 4 aliphatic rings. The van der Waals surface area contributed by atoms with Gasteiger partial charge in [0.15, 0.2) is 6.10 Å². The van der Waals surface area contributed by atoms with E-state index in [0.29, 0.717) is 24.7 Å². The average Bonchev–Trinajstić information content (AvgIpc) is 3.52. The van der Waals surface area contributed by atoms with Gasteiger partial charge in [0.05, 0.1) is 18.8 Å². The lowest BCUT2D eigenvalue weighted by molar-refractivity contribution is -0.289. The summed E-state index contributed by atoms with van der Waals surface area (Å²) in [6.45, 7) is 9.60. The van der Waals surface area contributed by atoms with E-state index in [1.165, 1.54) is 70.6 Å². The highest BCUT2D eigenvalue weighted by atomic mass is 31.0. The van der Waals surface area contributed by atoms with Crippen LogP contribution in [0.1, 0.15) is 182 Å². The Kier molecular flexibility index (Phi) is 21.2. The fourth-order valence-corrected chi connectivity index (χ4v) is 10.9. The van der Waals surface area contributed by atoms with Crippen molar-refractivity contribution in [3.63, 3.8) is 0 Å². The molecule has 0 aromatic carbocycles. The number of allylic oxidation sites excluding steroid dienone is 3. The summed E-state index contributed by atoms with van der Waals surface area (Å²) in [6, 6.07) is 0. The lowest BCUT2D eigenvalue weighted by Crippen LogP contribution is -2.52. The number of fused-ring (bicyclic) bond motifs is 5. The van der Waals surface area contributed by atoms with Gasteiger partial charge < -0.3 is 18.7 Å². The highest BCUT2D eigenvalue weighted by Gasteiger charge is 2.60. The maximum absolute atomic E-state index is 12.8. The normalized spacial score (nSPS) is 29.8. The summed E-state index contributed by atoms with van der Waals surface area (Å²) in [7, 11) is 2.08. The molecule has 56 heavy (non-hydrogen) atoms. The van der Waals surface area contributed by atoms with Crippen molar-refractivity contribution in [2.45, 2.75) is 206 Å². The van der Waals surface area contributed by atoms with Crippen molar-refractivity contribution >= 4 is 21.4 Å². The molecular formula is C47H79O8P. The topological polar surface area (TPSA) is 101 Å². The van der Waals surface area contributed by atoms with Gasteiger partial charge in [-0.25, -0.2) is 4.89 Å². The van der Waals surface area contributed by atoms with Crippen LogP contribution in [-0.4, -0.2) is 54.8 Å². The molecule has 4 unspecified atom stereocenters. The summed E-state index contributed by atoms with van der Waals surface area (Å²) in [5.41, 5.74) is 2.02. The molecule has 3 fully saturated rings. The van der Waals surface area contributed by atoms with Crippen LogP contribution in [0.5, 0.6) is 0 Å². The Hall–Kier alpha value is -1.57. The molecule has 1 N–H and O–H groups in total. The van der Waals surface area contributed by atoms with Crippen molar-refractivity contribution in [2.75, 3.05) is 13.2 Å². The van der Waals surface area contributed by atoms with E-state index in [0.717, 1.165) is 76.5 Å². The number of carbonyl (C=O) groups is 2. The van der Waals surface area contributed by atoms with E-state index in [4.69, 9.17) is 24.0 Å². The second-order valence-electron chi connectivity index (χ2n) is 18.0. The lowest BCUT2D eigenvalue weighted by Gasteiger charge is -2.58. The number of unbranched alkanes of at least 4 members (excludes halogenated alkanes) is 11. The molecule has 0 heterocycles. The van der Waals surface area contributed by atoms with Crippen LogP contribution in [0, 0.1) is 28.6 Å². The first-order valence-electron chi connectivity index (χ1n) is 22.8. The van der Waals surface area contributed by atoms with E-state index in [1.807, 2.05) is 0 Å². The molecule has 9 heteroatoms. The van der Waals surface area contributed by atoms with Crippen LogP contribution in [0.4, 0.5) is 0 Å². The Balaban J connectivity index is 1.24. The smallest absolute Gasteiger partial charge is 0.306 e. The Morgan fingerprint density at radius 1 is 0.804 bits per heavy atom. The molecule has 4 rings (SSSR count). The predicted octanol–water partition coefficient (Wildman–Crippen LogP) is 12.2. The third-order valence-corrected chi connectivity index (χ3v) is 14.3. The van der Waals surface area contributed by atoms with Gasteiger partial charge in [-0.2, -0.15) is 0 Å². The van der Waals surface area contributed by atoms with E-state index in [9.17, 15) is 9.59 Å². The molecule has 10 atom stereocenters. The van der Waals surface area contributed by atoms with Crippen LogP contribution < -0.4 is 0 Å². The Bertz CT molecular complexity index is 1250. The van der Waals surface area contributed by atoms with E-state index in [1.54, 1.807) is 5.57 Å². The zero-order chi connectivity index (χ0) is 40.2. The minimum absolute atomic E-state index is 0.0103. The van der Waals surface area contributed by atoms with Gasteiger partial charge in [-0.3, -0.25) is 14.8 Å². The summed E-state index contributed by atoms with van der Waals surface area (Å²) in [5, 5.41) is 8.82. The third kappa shape index (κ3) is 14.0. The van der Waals surface area contributed by atoms with Gasteiger partial charge in [-0.1, -0.05) is 115 Å². The zero-order valence-corrected chi connectivity index (χ0v) is 36.8. The molecule has 3 saturated carbocycles. The second kappa shape index (κ2) is 25.1. The van der Waals surface area contributed by atoms with Crippen molar-refractivity contribution < 1.29 is 38.5 Å². The number of hydrogen-bond donors (Lipinski definition) is 1. The monoisotopic (exact) mass is 803 g/mol. The van der Waals surface area contributed by atoms with Crippen LogP contribution in [0.3, 0.4) is 0 Å². The molecule has 4 aliphatic carbocycles. The number of ether oxygens (including phenoxy) is 3. The van der Waals surface area contributed by atoms with E-state index < -0.39 is 6.10 Å². The largest absolute Gasteiger partial charge is 0.463 e. The van der Waals surface area contributed by atoms with Gasteiger partial charge in [0.1, 0.15) is 12.7 Å². The summed E-state index contributed by atoms with van der Waals surface area (Å²) in [4.78, 5) is 29.1. The minimum Gasteiger partial charge on any atom is -0.463 e. The summed E-state index contributed by atoms with van der Waals surface area (Å²) in [5.74, 6) is 1.87. The number of carbonyl (C=O) groups excluding carboxylic acids is 2. The molecule has 0 aliphatic heterocycles. The number of rotatable bonds is 27. The van der Waals surface area contributed by atoms with E-state index in [-0.39, 0.29) is 54.3 Å².